The number of aryl methyl sites for hydroxylation is 1. The van der Waals surface area contributed by atoms with Crippen LogP contribution in [0.5, 0.6) is 0 Å². The molecule has 1 unspecified atom stereocenters. The third-order valence-electron chi connectivity index (χ3n) is 3.93. The first-order chi connectivity index (χ1) is 9.74. The van der Waals surface area contributed by atoms with Crippen LogP contribution in [-0.4, -0.2) is 64.6 Å². The summed E-state index contributed by atoms with van der Waals surface area (Å²) < 4.78 is 0. The summed E-state index contributed by atoms with van der Waals surface area (Å²) in [5.74, 6) is 0.232. The summed E-state index contributed by atoms with van der Waals surface area (Å²) >= 11 is 1.60. The summed E-state index contributed by atoms with van der Waals surface area (Å²) in [6, 6.07) is 0.240. The summed E-state index contributed by atoms with van der Waals surface area (Å²) in [4.78, 5) is 21.6. The molecule has 112 valence electrons. The molecule has 2 heterocycles. The molecular formula is C14H23N3O2S. The van der Waals surface area contributed by atoms with E-state index < -0.39 is 0 Å². The van der Waals surface area contributed by atoms with E-state index in [0.717, 1.165) is 39.0 Å². The quantitative estimate of drug-likeness (QED) is 0.851. The van der Waals surface area contributed by atoms with Gasteiger partial charge in [0.05, 0.1) is 12.1 Å². The van der Waals surface area contributed by atoms with E-state index in [1.165, 1.54) is 4.88 Å². The van der Waals surface area contributed by atoms with Gasteiger partial charge in [0, 0.05) is 49.7 Å². The highest BCUT2D eigenvalue weighted by Crippen LogP contribution is 2.12. The van der Waals surface area contributed by atoms with Crippen molar-refractivity contribution < 1.29 is 9.90 Å². The van der Waals surface area contributed by atoms with E-state index in [-0.39, 0.29) is 18.6 Å². The second-order valence-electron chi connectivity index (χ2n) is 5.13. The van der Waals surface area contributed by atoms with Crippen LogP contribution < -0.4 is 0 Å². The molecule has 1 aromatic heterocycles. The summed E-state index contributed by atoms with van der Waals surface area (Å²) in [5, 5.41) is 9.32. The van der Waals surface area contributed by atoms with Gasteiger partial charge >= 0.3 is 0 Å². The van der Waals surface area contributed by atoms with Crippen LogP contribution in [0.2, 0.25) is 0 Å². The molecule has 0 aliphatic carbocycles. The second-order valence-corrected chi connectivity index (χ2v) is 6.10. The highest BCUT2D eigenvalue weighted by molar-refractivity contribution is 7.09. The number of amides is 1. The van der Waals surface area contributed by atoms with Gasteiger partial charge in [-0.2, -0.15) is 0 Å². The van der Waals surface area contributed by atoms with Gasteiger partial charge in [0.1, 0.15) is 0 Å². The molecule has 1 aromatic rings. The smallest absolute Gasteiger partial charge is 0.223 e. The van der Waals surface area contributed by atoms with Crippen molar-refractivity contribution in [2.45, 2.75) is 32.2 Å². The van der Waals surface area contributed by atoms with Gasteiger partial charge in [-0.05, 0) is 12.8 Å². The highest BCUT2D eigenvalue weighted by atomic mass is 32.1. The predicted octanol–water partition coefficient (Wildman–Crippen LogP) is 0.991. The lowest BCUT2D eigenvalue weighted by molar-refractivity contribution is -0.133. The van der Waals surface area contributed by atoms with Crippen LogP contribution in [0.3, 0.4) is 0 Å². The summed E-state index contributed by atoms with van der Waals surface area (Å²) in [7, 11) is 0. The first-order valence-electron chi connectivity index (χ1n) is 7.24. The van der Waals surface area contributed by atoms with E-state index in [2.05, 4.69) is 16.8 Å². The standard InChI is InChI=1S/C14H23N3O2S/c1-2-12(10-18)16-5-7-17(8-6-16)14(19)4-3-13-9-15-11-20-13/h9,11-12,18H,2-8,10H2,1H3. The minimum Gasteiger partial charge on any atom is -0.395 e. The lowest BCUT2D eigenvalue weighted by Gasteiger charge is -2.38. The fourth-order valence-electron chi connectivity index (χ4n) is 2.59. The van der Waals surface area contributed by atoms with Crippen molar-refractivity contribution in [3.05, 3.63) is 16.6 Å². The summed E-state index contributed by atoms with van der Waals surface area (Å²) in [6.07, 6.45) is 4.15. The van der Waals surface area contributed by atoms with Crippen LogP contribution in [0, 0.1) is 0 Å². The zero-order valence-corrected chi connectivity index (χ0v) is 12.8. The highest BCUT2D eigenvalue weighted by Gasteiger charge is 2.24. The maximum Gasteiger partial charge on any atom is 0.223 e. The average molecular weight is 297 g/mol. The number of carbonyl (C=O) groups is 1. The van der Waals surface area contributed by atoms with E-state index in [1.54, 1.807) is 16.8 Å². The number of hydrogen-bond donors (Lipinski definition) is 1. The van der Waals surface area contributed by atoms with Crippen molar-refractivity contribution in [2.75, 3.05) is 32.8 Å². The minimum atomic E-state index is 0.204. The van der Waals surface area contributed by atoms with Gasteiger partial charge in [-0.3, -0.25) is 14.7 Å². The molecule has 1 fully saturated rings. The summed E-state index contributed by atoms with van der Waals surface area (Å²) in [6.45, 7) is 5.58. The summed E-state index contributed by atoms with van der Waals surface area (Å²) in [5.41, 5.74) is 1.80. The fraction of sp³-hybridized carbons (Fsp3) is 0.714. The fourth-order valence-corrected chi connectivity index (χ4v) is 3.19. The molecule has 20 heavy (non-hydrogen) atoms. The lowest BCUT2D eigenvalue weighted by atomic mass is 10.1. The van der Waals surface area contributed by atoms with E-state index in [0.29, 0.717) is 6.42 Å². The predicted molar refractivity (Wildman–Crippen MR) is 79.8 cm³/mol. The molecule has 0 saturated carbocycles. The molecule has 1 aliphatic rings. The zero-order valence-electron chi connectivity index (χ0n) is 12.0. The Kier molecular flexibility index (Phi) is 5.94. The molecule has 0 aromatic carbocycles. The SMILES string of the molecule is CCC(CO)N1CCN(C(=O)CCc2cncs2)CC1. The zero-order chi connectivity index (χ0) is 14.4. The Morgan fingerprint density at radius 2 is 2.20 bits per heavy atom. The van der Waals surface area contributed by atoms with Crippen LogP contribution >= 0.6 is 11.3 Å². The third kappa shape index (κ3) is 4.01. The van der Waals surface area contributed by atoms with Gasteiger partial charge in [0.2, 0.25) is 5.91 Å². The first-order valence-corrected chi connectivity index (χ1v) is 8.12. The van der Waals surface area contributed by atoms with Crippen molar-refractivity contribution >= 4 is 17.2 Å². The Labute approximate surface area is 124 Å². The van der Waals surface area contributed by atoms with Crippen LogP contribution in [0.25, 0.3) is 0 Å². The number of hydrogen-bond acceptors (Lipinski definition) is 5. The van der Waals surface area contributed by atoms with Crippen LogP contribution in [0.15, 0.2) is 11.7 Å². The van der Waals surface area contributed by atoms with Gasteiger partial charge in [0.25, 0.3) is 0 Å². The topological polar surface area (TPSA) is 56.7 Å². The van der Waals surface area contributed by atoms with E-state index in [9.17, 15) is 9.90 Å². The van der Waals surface area contributed by atoms with Crippen molar-refractivity contribution in [3.8, 4) is 0 Å². The molecule has 1 aliphatic heterocycles. The third-order valence-corrected chi connectivity index (χ3v) is 4.77. The van der Waals surface area contributed by atoms with Gasteiger partial charge in [-0.25, -0.2) is 0 Å². The van der Waals surface area contributed by atoms with Crippen molar-refractivity contribution in [3.63, 3.8) is 0 Å². The molecule has 2 rings (SSSR count). The number of nitrogens with zero attached hydrogens (tertiary/aromatic N) is 3. The molecule has 1 atom stereocenters. The van der Waals surface area contributed by atoms with Crippen molar-refractivity contribution in [2.24, 2.45) is 0 Å². The molecule has 5 nitrogen and oxygen atoms in total. The number of aliphatic hydroxyl groups is 1. The Balaban J connectivity index is 1.74. The normalized spacial score (nSPS) is 18.2. The largest absolute Gasteiger partial charge is 0.395 e. The molecule has 0 spiro atoms. The number of thiazole rings is 1. The monoisotopic (exact) mass is 297 g/mol. The van der Waals surface area contributed by atoms with Gasteiger partial charge < -0.3 is 10.0 Å². The average Bonchev–Trinajstić information content (AvgIpc) is 3.00. The Bertz CT molecular complexity index is 399. The van der Waals surface area contributed by atoms with Gasteiger partial charge in [-0.1, -0.05) is 6.92 Å². The van der Waals surface area contributed by atoms with Gasteiger partial charge in [0.15, 0.2) is 0 Å². The molecule has 0 bridgehead atoms. The van der Waals surface area contributed by atoms with E-state index in [1.807, 2.05) is 11.1 Å². The number of aromatic nitrogens is 1. The van der Waals surface area contributed by atoms with Crippen LogP contribution in [0.1, 0.15) is 24.6 Å². The Morgan fingerprint density at radius 3 is 2.75 bits per heavy atom. The number of rotatable bonds is 6. The lowest BCUT2D eigenvalue weighted by Crippen LogP contribution is -2.52. The number of piperazine rings is 1. The van der Waals surface area contributed by atoms with Gasteiger partial charge in [-0.15, -0.1) is 11.3 Å². The molecule has 6 heteroatoms. The van der Waals surface area contributed by atoms with E-state index >= 15 is 0 Å². The Morgan fingerprint density at radius 1 is 1.45 bits per heavy atom. The molecule has 1 N–H and O–H groups in total. The number of carbonyl (C=O) groups excluding carboxylic acids is 1. The maximum absolute atomic E-state index is 12.2. The first kappa shape index (κ1) is 15.4. The molecule has 1 saturated heterocycles. The maximum atomic E-state index is 12.2. The van der Waals surface area contributed by atoms with Crippen molar-refractivity contribution in [1.29, 1.82) is 0 Å². The van der Waals surface area contributed by atoms with Crippen LogP contribution in [-0.2, 0) is 11.2 Å². The van der Waals surface area contributed by atoms with E-state index in [4.69, 9.17) is 0 Å². The van der Waals surface area contributed by atoms with Crippen LogP contribution in [0.4, 0.5) is 0 Å². The molecular weight excluding hydrogens is 274 g/mol. The Hall–Kier alpha value is -0.980. The second kappa shape index (κ2) is 7.71. The minimum absolute atomic E-state index is 0.204. The molecule has 1 amide bonds. The molecule has 0 radical (unpaired) electrons. The number of aliphatic hydroxyl groups excluding tert-OH is 1. The van der Waals surface area contributed by atoms with Crippen molar-refractivity contribution in [1.82, 2.24) is 14.8 Å².